The van der Waals surface area contributed by atoms with Crippen molar-refractivity contribution in [1.82, 2.24) is 9.97 Å². The Morgan fingerprint density at radius 2 is 2.00 bits per heavy atom. The lowest BCUT2D eigenvalue weighted by Crippen LogP contribution is -2.39. The first-order valence-corrected chi connectivity index (χ1v) is 9.60. The van der Waals surface area contributed by atoms with Crippen LogP contribution < -0.4 is 4.90 Å². The van der Waals surface area contributed by atoms with Crippen LogP contribution in [0.5, 0.6) is 0 Å². The molecule has 2 aromatic rings. The summed E-state index contributed by atoms with van der Waals surface area (Å²) in [6.45, 7) is 3.24. The number of rotatable bonds is 3. The molecule has 1 saturated heterocycles. The number of benzene rings is 1. The first-order valence-electron chi connectivity index (χ1n) is 9.60. The van der Waals surface area contributed by atoms with Gasteiger partial charge in [-0.3, -0.25) is 4.79 Å². The molecule has 2 heterocycles. The van der Waals surface area contributed by atoms with Gasteiger partial charge in [0.2, 0.25) is 5.95 Å². The van der Waals surface area contributed by atoms with Gasteiger partial charge in [-0.15, -0.1) is 0 Å². The minimum atomic E-state index is 0.159. The van der Waals surface area contributed by atoms with Gasteiger partial charge in [0.1, 0.15) is 0 Å². The van der Waals surface area contributed by atoms with Gasteiger partial charge >= 0.3 is 0 Å². The molecule has 1 aromatic carbocycles. The molecule has 2 aliphatic rings. The third kappa shape index (κ3) is 3.55. The summed E-state index contributed by atoms with van der Waals surface area (Å²) >= 11 is 0. The monoisotopic (exact) mass is 347 g/mol. The highest BCUT2D eigenvalue weighted by Gasteiger charge is 2.27. The molecule has 0 N–H and O–H groups in total. The number of carbonyl (C=O) groups excluding carboxylic acids is 1. The molecule has 2 atom stereocenters. The predicted octanol–water partition coefficient (Wildman–Crippen LogP) is 4.31. The number of nitrogens with zero attached hydrogens (tertiary/aromatic N) is 3. The van der Waals surface area contributed by atoms with E-state index in [2.05, 4.69) is 41.1 Å². The molecule has 1 fully saturated rings. The molecule has 0 amide bonds. The lowest BCUT2D eigenvalue weighted by Gasteiger charge is -2.34. The van der Waals surface area contributed by atoms with E-state index in [4.69, 9.17) is 4.98 Å². The van der Waals surface area contributed by atoms with Crippen molar-refractivity contribution in [2.45, 2.75) is 45.1 Å². The molecule has 1 aliphatic carbocycles. The Kier molecular flexibility index (Phi) is 4.83. The topological polar surface area (TPSA) is 46.1 Å². The van der Waals surface area contributed by atoms with Crippen molar-refractivity contribution in [2.24, 2.45) is 5.92 Å². The fraction of sp³-hybridized carbons (Fsp3) is 0.409. The van der Waals surface area contributed by atoms with Crippen LogP contribution in [-0.4, -0.2) is 28.3 Å². The summed E-state index contributed by atoms with van der Waals surface area (Å²) in [4.78, 5) is 24.1. The molecule has 134 valence electrons. The van der Waals surface area contributed by atoms with E-state index >= 15 is 0 Å². The van der Waals surface area contributed by atoms with E-state index in [1.807, 2.05) is 18.2 Å². The molecular weight excluding hydrogens is 322 g/mol. The van der Waals surface area contributed by atoms with Gasteiger partial charge < -0.3 is 4.90 Å². The van der Waals surface area contributed by atoms with Crippen molar-refractivity contribution in [3.63, 3.8) is 0 Å². The molecular formula is C22H25N3O. The van der Waals surface area contributed by atoms with Gasteiger partial charge in [0.25, 0.3) is 0 Å². The molecule has 0 spiro atoms. The van der Waals surface area contributed by atoms with Crippen LogP contribution >= 0.6 is 0 Å². The van der Waals surface area contributed by atoms with E-state index < -0.39 is 0 Å². The number of allylic oxidation sites excluding steroid dienone is 1. The predicted molar refractivity (Wildman–Crippen MR) is 104 cm³/mol. The number of hydrogen-bond acceptors (Lipinski definition) is 4. The van der Waals surface area contributed by atoms with Crippen LogP contribution in [0.4, 0.5) is 5.95 Å². The van der Waals surface area contributed by atoms with Crippen LogP contribution in [0.3, 0.4) is 0 Å². The van der Waals surface area contributed by atoms with Crippen LogP contribution in [0.15, 0.2) is 42.6 Å². The zero-order valence-electron chi connectivity index (χ0n) is 15.3. The largest absolute Gasteiger partial charge is 0.338 e. The number of fused-ring (bicyclic) bond motifs is 1. The van der Waals surface area contributed by atoms with Gasteiger partial charge in [-0.05, 0) is 44.1 Å². The van der Waals surface area contributed by atoms with Crippen LogP contribution in [0.2, 0.25) is 0 Å². The molecule has 0 saturated carbocycles. The summed E-state index contributed by atoms with van der Waals surface area (Å²) in [5.74, 6) is 1.15. The normalized spacial score (nSPS) is 23.3. The first-order chi connectivity index (χ1) is 12.7. The standard InChI is InChI=1S/C22H25N3O/c1-16-7-5-6-12-25(16)22-23-15-19-20(24-22)13-18(14-21(19)26)11-10-17-8-3-2-4-9-17/h2-4,8-11,15-16,18H,5-7,12-14H2,1H3/b11-10+/t16-,18+/m0/s1. The minimum Gasteiger partial charge on any atom is -0.338 e. The van der Waals surface area contributed by atoms with E-state index in [0.29, 0.717) is 18.0 Å². The Hall–Kier alpha value is -2.49. The summed E-state index contributed by atoms with van der Waals surface area (Å²) in [6.07, 6.45) is 11.0. The van der Waals surface area contributed by atoms with Gasteiger partial charge in [0.05, 0.1) is 11.3 Å². The zero-order chi connectivity index (χ0) is 17.9. The van der Waals surface area contributed by atoms with Crippen LogP contribution in [0.25, 0.3) is 6.08 Å². The Balaban J connectivity index is 1.55. The number of anilines is 1. The smallest absolute Gasteiger partial charge is 0.225 e. The lowest BCUT2D eigenvalue weighted by molar-refractivity contribution is 0.0957. The second-order valence-corrected chi connectivity index (χ2v) is 7.43. The van der Waals surface area contributed by atoms with E-state index in [9.17, 15) is 4.79 Å². The van der Waals surface area contributed by atoms with Gasteiger partial charge in [-0.25, -0.2) is 9.97 Å². The van der Waals surface area contributed by atoms with E-state index in [0.717, 1.165) is 30.2 Å². The number of piperidine rings is 1. The molecule has 1 aliphatic heterocycles. The fourth-order valence-electron chi connectivity index (χ4n) is 3.94. The van der Waals surface area contributed by atoms with Gasteiger partial charge in [-0.1, -0.05) is 42.5 Å². The highest BCUT2D eigenvalue weighted by molar-refractivity contribution is 5.98. The average Bonchev–Trinajstić information content (AvgIpc) is 2.67. The van der Waals surface area contributed by atoms with Crippen molar-refractivity contribution in [3.8, 4) is 0 Å². The Morgan fingerprint density at radius 3 is 2.81 bits per heavy atom. The third-order valence-corrected chi connectivity index (χ3v) is 5.48. The summed E-state index contributed by atoms with van der Waals surface area (Å²) in [5.41, 5.74) is 2.78. The highest BCUT2D eigenvalue weighted by atomic mass is 16.1. The summed E-state index contributed by atoms with van der Waals surface area (Å²) in [7, 11) is 0. The Labute approximate surface area is 155 Å². The molecule has 0 bridgehead atoms. The van der Waals surface area contributed by atoms with E-state index in [1.54, 1.807) is 6.20 Å². The maximum absolute atomic E-state index is 12.5. The second-order valence-electron chi connectivity index (χ2n) is 7.43. The quantitative estimate of drug-likeness (QED) is 0.830. The van der Waals surface area contributed by atoms with E-state index in [-0.39, 0.29) is 11.7 Å². The van der Waals surface area contributed by atoms with Crippen molar-refractivity contribution in [2.75, 3.05) is 11.4 Å². The van der Waals surface area contributed by atoms with Gasteiger partial charge in [0.15, 0.2) is 5.78 Å². The summed E-state index contributed by atoms with van der Waals surface area (Å²) in [5, 5.41) is 0. The average molecular weight is 347 g/mol. The molecule has 26 heavy (non-hydrogen) atoms. The number of ketones is 1. The van der Waals surface area contributed by atoms with Gasteiger partial charge in [0, 0.05) is 25.2 Å². The number of aromatic nitrogens is 2. The second kappa shape index (κ2) is 7.40. The van der Waals surface area contributed by atoms with Crippen LogP contribution in [0, 0.1) is 5.92 Å². The molecule has 1 aromatic heterocycles. The third-order valence-electron chi connectivity index (χ3n) is 5.48. The molecule has 4 nitrogen and oxygen atoms in total. The molecule has 4 rings (SSSR count). The van der Waals surface area contributed by atoms with Crippen molar-refractivity contribution < 1.29 is 4.79 Å². The van der Waals surface area contributed by atoms with Crippen molar-refractivity contribution in [1.29, 1.82) is 0 Å². The lowest BCUT2D eigenvalue weighted by atomic mass is 9.86. The summed E-state index contributed by atoms with van der Waals surface area (Å²) < 4.78 is 0. The minimum absolute atomic E-state index is 0.159. The maximum atomic E-state index is 12.5. The SMILES string of the molecule is C[C@H]1CCCCN1c1ncc2c(n1)C[C@@H](/C=C/c1ccccc1)CC2=O. The van der Waals surface area contributed by atoms with Crippen molar-refractivity contribution >= 4 is 17.8 Å². The molecule has 0 radical (unpaired) electrons. The number of Topliss-reactive ketones (excluding diaryl/α,β-unsaturated/α-hetero) is 1. The van der Waals surface area contributed by atoms with Gasteiger partial charge in [-0.2, -0.15) is 0 Å². The molecule has 0 unspecified atom stereocenters. The zero-order valence-corrected chi connectivity index (χ0v) is 15.3. The van der Waals surface area contributed by atoms with Crippen LogP contribution in [0.1, 0.15) is 54.2 Å². The first kappa shape index (κ1) is 17.0. The Morgan fingerprint density at radius 1 is 1.15 bits per heavy atom. The number of hydrogen-bond donors (Lipinski definition) is 0. The fourth-order valence-corrected chi connectivity index (χ4v) is 3.94. The van der Waals surface area contributed by atoms with E-state index in [1.165, 1.54) is 19.3 Å². The Bertz CT molecular complexity index is 815. The number of carbonyl (C=O) groups is 1. The van der Waals surface area contributed by atoms with Crippen molar-refractivity contribution in [3.05, 3.63) is 59.4 Å². The highest BCUT2D eigenvalue weighted by Crippen LogP contribution is 2.28. The molecule has 4 heteroatoms. The summed E-state index contributed by atoms with van der Waals surface area (Å²) in [6, 6.07) is 10.7. The maximum Gasteiger partial charge on any atom is 0.225 e. The van der Waals surface area contributed by atoms with Crippen LogP contribution in [-0.2, 0) is 6.42 Å².